The third-order valence-electron chi connectivity index (χ3n) is 7.35. The Hall–Kier alpha value is -3.07. The zero-order valence-corrected chi connectivity index (χ0v) is 20.2. The van der Waals surface area contributed by atoms with Gasteiger partial charge in [0.1, 0.15) is 18.1 Å². The van der Waals surface area contributed by atoms with Crippen molar-refractivity contribution in [3.05, 3.63) is 0 Å². The predicted molar refractivity (Wildman–Crippen MR) is 116 cm³/mol. The molecule has 2 heterocycles. The largest absolute Gasteiger partial charge is 0.471 e. The van der Waals surface area contributed by atoms with Crippen molar-refractivity contribution in [2.75, 3.05) is 13.1 Å². The van der Waals surface area contributed by atoms with Gasteiger partial charge in [0.25, 0.3) is 0 Å². The number of nitrogens with one attached hydrogen (secondary N) is 3. The molecular formula is C22H29F6N5O5. The fourth-order valence-electron chi connectivity index (χ4n) is 4.96. The maximum Gasteiger partial charge on any atom is 0.471 e. The molecule has 16 heteroatoms. The summed E-state index contributed by atoms with van der Waals surface area (Å²) < 4.78 is 79.4. The van der Waals surface area contributed by atoms with Crippen molar-refractivity contribution < 1.29 is 50.3 Å². The number of carbonyl (C=O) groups is 5. The van der Waals surface area contributed by atoms with Gasteiger partial charge in [-0.1, -0.05) is 19.3 Å². The number of nitrogens with zero attached hydrogens (tertiary/aromatic N) is 1. The molecule has 0 radical (unpaired) electrons. The van der Waals surface area contributed by atoms with Gasteiger partial charge < -0.3 is 26.6 Å². The van der Waals surface area contributed by atoms with Gasteiger partial charge in [-0.2, -0.15) is 26.3 Å². The van der Waals surface area contributed by atoms with Crippen molar-refractivity contribution in [1.29, 1.82) is 0 Å². The van der Waals surface area contributed by atoms with E-state index in [0.717, 1.165) is 6.42 Å². The van der Waals surface area contributed by atoms with E-state index in [9.17, 15) is 50.3 Å². The Morgan fingerprint density at radius 1 is 1.00 bits per heavy atom. The molecule has 1 aliphatic carbocycles. The normalized spacial score (nSPS) is 25.8. The lowest BCUT2D eigenvalue weighted by Crippen LogP contribution is -2.57. The van der Waals surface area contributed by atoms with Gasteiger partial charge in [0, 0.05) is 19.0 Å². The van der Waals surface area contributed by atoms with E-state index in [4.69, 9.17) is 5.73 Å². The van der Waals surface area contributed by atoms with Crippen LogP contribution in [0, 0.1) is 17.8 Å². The molecule has 38 heavy (non-hydrogen) atoms. The van der Waals surface area contributed by atoms with Crippen molar-refractivity contribution in [2.45, 2.75) is 75.4 Å². The lowest BCUT2D eigenvalue weighted by Gasteiger charge is -2.33. The summed E-state index contributed by atoms with van der Waals surface area (Å²) in [7, 11) is 0. The summed E-state index contributed by atoms with van der Waals surface area (Å²) in [5.74, 6) is -9.36. The number of amides is 5. The number of likely N-dealkylation sites (tertiary alicyclic amines) is 1. The minimum absolute atomic E-state index is 0.220. The monoisotopic (exact) mass is 557 g/mol. The first kappa shape index (κ1) is 29.5. The highest BCUT2D eigenvalue weighted by molar-refractivity contribution is 5.95. The molecule has 0 aromatic rings. The van der Waals surface area contributed by atoms with Gasteiger partial charge in [0.05, 0.1) is 5.92 Å². The molecule has 3 aliphatic rings. The molecule has 5 atom stereocenters. The molecule has 5 amide bonds. The minimum Gasteiger partial charge on any atom is -0.368 e. The van der Waals surface area contributed by atoms with E-state index in [-0.39, 0.29) is 24.7 Å². The summed E-state index contributed by atoms with van der Waals surface area (Å²) >= 11 is 0. The lowest BCUT2D eigenvalue weighted by atomic mass is 9.80. The van der Waals surface area contributed by atoms with Gasteiger partial charge in [-0.05, 0) is 31.6 Å². The third-order valence-corrected chi connectivity index (χ3v) is 7.35. The molecule has 0 spiro atoms. The van der Waals surface area contributed by atoms with Gasteiger partial charge in [-0.25, -0.2) is 0 Å². The average Bonchev–Trinajstić information content (AvgIpc) is 3.40. The molecule has 0 unspecified atom stereocenters. The summed E-state index contributed by atoms with van der Waals surface area (Å²) in [6, 6.07) is -5.03. The molecule has 2 aliphatic heterocycles. The van der Waals surface area contributed by atoms with Crippen LogP contribution in [-0.4, -0.2) is 78.0 Å². The van der Waals surface area contributed by atoms with Crippen LogP contribution in [-0.2, 0) is 24.0 Å². The van der Waals surface area contributed by atoms with E-state index in [1.165, 1.54) is 0 Å². The van der Waals surface area contributed by atoms with Crippen LogP contribution in [0.15, 0.2) is 0 Å². The van der Waals surface area contributed by atoms with Crippen LogP contribution in [0.25, 0.3) is 0 Å². The van der Waals surface area contributed by atoms with Gasteiger partial charge in [0.2, 0.25) is 23.6 Å². The molecule has 10 nitrogen and oxygen atoms in total. The number of nitrogens with two attached hydrogens (primary N) is 1. The topological polar surface area (TPSA) is 151 Å². The van der Waals surface area contributed by atoms with Gasteiger partial charge in [-0.3, -0.25) is 24.0 Å². The van der Waals surface area contributed by atoms with E-state index in [2.05, 4.69) is 10.6 Å². The van der Waals surface area contributed by atoms with E-state index in [0.29, 0.717) is 30.7 Å². The van der Waals surface area contributed by atoms with E-state index < -0.39 is 78.9 Å². The van der Waals surface area contributed by atoms with Crippen LogP contribution in [0.1, 0.15) is 44.9 Å². The SMILES string of the molecule is NC(=O)[C@H](C[C@@H]1CCNC1=O)NC(=O)[C@@H]1C[C@@H](C(F)(F)F)CN1C(=O)[C@H](CC1CCC1)NC(=O)C(F)(F)F. The zero-order valence-electron chi connectivity index (χ0n) is 20.2. The Morgan fingerprint density at radius 2 is 1.66 bits per heavy atom. The van der Waals surface area contributed by atoms with Gasteiger partial charge >= 0.3 is 18.3 Å². The molecule has 0 aromatic heterocycles. The number of hydrogen-bond acceptors (Lipinski definition) is 5. The van der Waals surface area contributed by atoms with Gasteiger partial charge in [-0.15, -0.1) is 0 Å². The Labute approximate surface area is 213 Å². The Balaban J connectivity index is 1.82. The van der Waals surface area contributed by atoms with Crippen molar-refractivity contribution in [3.63, 3.8) is 0 Å². The minimum atomic E-state index is -5.34. The predicted octanol–water partition coefficient (Wildman–Crippen LogP) is 0.499. The summed E-state index contributed by atoms with van der Waals surface area (Å²) in [5.41, 5.74) is 5.32. The molecule has 2 saturated heterocycles. The van der Waals surface area contributed by atoms with Crippen LogP contribution in [0.4, 0.5) is 26.3 Å². The van der Waals surface area contributed by atoms with Crippen molar-refractivity contribution in [1.82, 2.24) is 20.9 Å². The van der Waals surface area contributed by atoms with E-state index >= 15 is 0 Å². The number of hydrogen-bond donors (Lipinski definition) is 4. The maximum absolute atomic E-state index is 13.6. The van der Waals surface area contributed by atoms with Crippen LogP contribution in [0.2, 0.25) is 0 Å². The van der Waals surface area contributed by atoms with Crippen LogP contribution in [0.5, 0.6) is 0 Å². The lowest BCUT2D eigenvalue weighted by molar-refractivity contribution is -0.176. The Kier molecular flexibility index (Phi) is 8.81. The Bertz CT molecular complexity index is 954. The number of primary amides is 1. The second kappa shape index (κ2) is 11.4. The first-order valence-corrected chi connectivity index (χ1v) is 12.2. The smallest absolute Gasteiger partial charge is 0.368 e. The van der Waals surface area contributed by atoms with Crippen LogP contribution >= 0.6 is 0 Å². The van der Waals surface area contributed by atoms with Crippen molar-refractivity contribution >= 4 is 29.5 Å². The van der Waals surface area contributed by atoms with E-state index in [1.807, 2.05) is 0 Å². The quantitative estimate of drug-likeness (QED) is 0.305. The zero-order chi connectivity index (χ0) is 28.4. The van der Waals surface area contributed by atoms with Gasteiger partial charge in [0.15, 0.2) is 0 Å². The first-order valence-electron chi connectivity index (χ1n) is 12.2. The van der Waals surface area contributed by atoms with Crippen molar-refractivity contribution in [3.8, 4) is 0 Å². The number of carbonyl (C=O) groups excluding carboxylic acids is 5. The number of rotatable bonds is 9. The summed E-state index contributed by atoms with van der Waals surface area (Å²) in [6.07, 6.45) is -9.31. The molecule has 1 saturated carbocycles. The van der Waals surface area contributed by atoms with Crippen molar-refractivity contribution in [2.24, 2.45) is 23.5 Å². The van der Waals surface area contributed by atoms with Crippen LogP contribution in [0.3, 0.4) is 0 Å². The molecule has 0 aromatic carbocycles. The molecule has 5 N–H and O–H groups in total. The fourth-order valence-corrected chi connectivity index (χ4v) is 4.96. The molecule has 214 valence electrons. The summed E-state index contributed by atoms with van der Waals surface area (Å²) in [4.78, 5) is 62.2. The fraction of sp³-hybridized carbons (Fsp3) is 0.773. The molecule has 3 fully saturated rings. The summed E-state index contributed by atoms with van der Waals surface area (Å²) in [6.45, 7) is -0.692. The van der Waals surface area contributed by atoms with Crippen LogP contribution < -0.4 is 21.7 Å². The molecule has 3 rings (SSSR count). The first-order chi connectivity index (χ1) is 17.6. The standard InChI is InChI=1S/C22H29F6N5O5/c23-21(24,25)12-8-15(18(36)31-13(16(29)34)7-11-4-5-30-17(11)35)33(9-12)19(37)14(6-10-2-1-3-10)32-20(38)22(26,27)28/h10-15H,1-9H2,(H2,29,34)(H,30,35)(H,31,36)(H,32,38)/t11-,12+,13-,14-,15-/m0/s1. The van der Waals surface area contributed by atoms with E-state index in [1.54, 1.807) is 5.32 Å². The molecule has 0 bridgehead atoms. The Morgan fingerprint density at radius 3 is 2.13 bits per heavy atom. The highest BCUT2D eigenvalue weighted by Gasteiger charge is 2.53. The molecular weight excluding hydrogens is 528 g/mol. The highest BCUT2D eigenvalue weighted by atomic mass is 19.4. The summed E-state index contributed by atoms with van der Waals surface area (Å²) in [5, 5.41) is 6.31. The third kappa shape index (κ3) is 7.07. The second-order valence-electron chi connectivity index (χ2n) is 10.0. The second-order valence-corrected chi connectivity index (χ2v) is 10.0. The highest BCUT2D eigenvalue weighted by Crippen LogP contribution is 2.38. The number of alkyl halides is 6. The average molecular weight is 557 g/mol. The maximum atomic E-state index is 13.6. The number of halogens is 6.